The van der Waals surface area contributed by atoms with E-state index in [-0.39, 0.29) is 11.6 Å². The lowest BCUT2D eigenvalue weighted by molar-refractivity contribution is 0.128. The van der Waals surface area contributed by atoms with Crippen molar-refractivity contribution in [1.29, 1.82) is 0 Å². The molecule has 1 aliphatic rings. The van der Waals surface area contributed by atoms with Crippen molar-refractivity contribution in [3.8, 4) is 5.75 Å². The van der Waals surface area contributed by atoms with Crippen molar-refractivity contribution in [3.63, 3.8) is 0 Å². The monoisotopic (exact) mass is 263 g/mol. The summed E-state index contributed by atoms with van der Waals surface area (Å²) in [5.41, 5.74) is 0.739. The molecule has 0 aromatic heterocycles. The number of hydrogen-bond donors (Lipinski definition) is 2. The second kappa shape index (κ2) is 5.51. The molecule has 2 atom stereocenters. The van der Waals surface area contributed by atoms with Crippen LogP contribution in [0.2, 0.25) is 0 Å². The topological polar surface area (TPSA) is 41.5 Å². The van der Waals surface area contributed by atoms with E-state index in [0.29, 0.717) is 6.04 Å². The fraction of sp³-hybridized carbons (Fsp3) is 0.625. The van der Waals surface area contributed by atoms with Gasteiger partial charge < -0.3 is 15.2 Å². The van der Waals surface area contributed by atoms with E-state index in [1.54, 1.807) is 0 Å². The van der Waals surface area contributed by atoms with E-state index in [1.807, 2.05) is 52.0 Å². The first-order chi connectivity index (χ1) is 8.85. The molecule has 0 amide bonds. The minimum atomic E-state index is -0.468. The number of hydrogen-bond acceptors (Lipinski definition) is 3. The Morgan fingerprint density at radius 2 is 1.79 bits per heavy atom. The molecule has 1 saturated carbocycles. The van der Waals surface area contributed by atoms with Crippen LogP contribution in [0.5, 0.6) is 5.75 Å². The van der Waals surface area contributed by atoms with E-state index in [2.05, 4.69) is 5.32 Å². The summed E-state index contributed by atoms with van der Waals surface area (Å²) in [6.45, 7) is 8.11. The zero-order chi connectivity index (χ0) is 14.0. The van der Waals surface area contributed by atoms with Gasteiger partial charge in [0.25, 0.3) is 0 Å². The highest BCUT2D eigenvalue weighted by Crippen LogP contribution is 2.25. The van der Waals surface area contributed by atoms with E-state index < -0.39 is 6.10 Å². The molecule has 3 heteroatoms. The molecule has 1 aromatic carbocycles. The van der Waals surface area contributed by atoms with Crippen LogP contribution in [0, 0.1) is 0 Å². The molecule has 0 radical (unpaired) electrons. The largest absolute Gasteiger partial charge is 0.488 e. The highest BCUT2D eigenvalue weighted by Gasteiger charge is 2.26. The summed E-state index contributed by atoms with van der Waals surface area (Å²) in [5.74, 6) is 0.839. The lowest BCUT2D eigenvalue weighted by Gasteiger charge is -2.23. The molecule has 0 bridgehead atoms. The van der Waals surface area contributed by atoms with Crippen LogP contribution >= 0.6 is 0 Å². The van der Waals surface area contributed by atoms with E-state index in [9.17, 15) is 5.11 Å². The van der Waals surface area contributed by atoms with Crippen molar-refractivity contribution >= 4 is 0 Å². The zero-order valence-electron chi connectivity index (χ0n) is 12.3. The second-order valence-electron chi connectivity index (χ2n) is 6.46. The standard InChI is InChI=1S/C16H25NO2/c1-11(17-13-7-8-13)15(18)12-5-9-14(10-6-12)19-16(2,3)4/h5-6,9-11,13,15,17-18H,7-8H2,1-4H3. The molecule has 1 aromatic rings. The van der Waals surface area contributed by atoms with E-state index >= 15 is 0 Å². The quantitative estimate of drug-likeness (QED) is 0.858. The van der Waals surface area contributed by atoms with Crippen molar-refractivity contribution < 1.29 is 9.84 Å². The average Bonchev–Trinajstić information content (AvgIpc) is 3.11. The average molecular weight is 263 g/mol. The molecular weight excluding hydrogens is 238 g/mol. The van der Waals surface area contributed by atoms with Crippen molar-refractivity contribution in [3.05, 3.63) is 29.8 Å². The summed E-state index contributed by atoms with van der Waals surface area (Å²) in [7, 11) is 0. The van der Waals surface area contributed by atoms with Crippen LogP contribution in [0.3, 0.4) is 0 Å². The molecule has 106 valence electrons. The highest BCUT2D eigenvalue weighted by atomic mass is 16.5. The summed E-state index contributed by atoms with van der Waals surface area (Å²) in [6.07, 6.45) is 1.99. The second-order valence-corrected chi connectivity index (χ2v) is 6.46. The van der Waals surface area contributed by atoms with E-state index in [0.717, 1.165) is 11.3 Å². The van der Waals surface area contributed by atoms with E-state index in [4.69, 9.17) is 4.74 Å². The van der Waals surface area contributed by atoms with Crippen molar-refractivity contribution in [2.75, 3.05) is 0 Å². The molecule has 1 fully saturated rings. The number of rotatable bonds is 5. The molecule has 0 aliphatic heterocycles. The maximum atomic E-state index is 10.3. The smallest absolute Gasteiger partial charge is 0.120 e. The number of aliphatic hydroxyl groups excluding tert-OH is 1. The number of ether oxygens (including phenoxy) is 1. The van der Waals surface area contributed by atoms with Crippen LogP contribution in [0.4, 0.5) is 0 Å². The van der Waals surface area contributed by atoms with Crippen molar-refractivity contribution in [2.24, 2.45) is 0 Å². The first-order valence-corrected chi connectivity index (χ1v) is 7.08. The van der Waals surface area contributed by atoms with Crippen LogP contribution in [-0.2, 0) is 0 Å². The van der Waals surface area contributed by atoms with Gasteiger partial charge in [-0.05, 0) is 58.2 Å². The van der Waals surface area contributed by atoms with Crippen LogP contribution < -0.4 is 10.1 Å². The van der Waals surface area contributed by atoms with Gasteiger partial charge in [-0.3, -0.25) is 0 Å². The van der Waals surface area contributed by atoms with Crippen LogP contribution in [0.15, 0.2) is 24.3 Å². The van der Waals surface area contributed by atoms with Gasteiger partial charge in [-0.25, -0.2) is 0 Å². The third kappa shape index (κ3) is 4.51. The zero-order valence-corrected chi connectivity index (χ0v) is 12.3. The third-order valence-corrected chi connectivity index (χ3v) is 3.20. The Kier molecular flexibility index (Phi) is 4.16. The molecule has 2 rings (SSSR count). The first-order valence-electron chi connectivity index (χ1n) is 7.08. The molecule has 3 nitrogen and oxygen atoms in total. The SMILES string of the molecule is CC(NC1CC1)C(O)c1ccc(OC(C)(C)C)cc1. The lowest BCUT2D eigenvalue weighted by atomic mass is 10.0. The van der Waals surface area contributed by atoms with Gasteiger partial charge >= 0.3 is 0 Å². The maximum Gasteiger partial charge on any atom is 0.120 e. The summed E-state index contributed by atoms with van der Waals surface area (Å²) >= 11 is 0. The van der Waals surface area contributed by atoms with Gasteiger partial charge in [0, 0.05) is 12.1 Å². The minimum absolute atomic E-state index is 0.0851. The van der Waals surface area contributed by atoms with Gasteiger partial charge in [-0.2, -0.15) is 0 Å². The highest BCUT2D eigenvalue weighted by molar-refractivity contribution is 5.29. The van der Waals surface area contributed by atoms with Gasteiger partial charge in [-0.15, -0.1) is 0 Å². The first kappa shape index (κ1) is 14.4. The summed E-state index contributed by atoms with van der Waals surface area (Å²) in [6, 6.07) is 8.42. The molecule has 2 unspecified atom stereocenters. The molecule has 0 saturated heterocycles. The Labute approximate surface area is 116 Å². The van der Waals surface area contributed by atoms with Gasteiger partial charge in [0.05, 0.1) is 6.10 Å². The predicted octanol–water partition coefficient (Wildman–Crippen LogP) is 3.04. The van der Waals surface area contributed by atoms with Crippen LogP contribution in [0.25, 0.3) is 0 Å². The maximum absolute atomic E-state index is 10.3. The predicted molar refractivity (Wildman–Crippen MR) is 77.4 cm³/mol. The summed E-state index contributed by atoms with van der Waals surface area (Å²) in [5, 5.41) is 13.7. The lowest BCUT2D eigenvalue weighted by Crippen LogP contribution is -2.33. The van der Waals surface area contributed by atoms with Crippen LogP contribution in [-0.4, -0.2) is 22.8 Å². The number of aliphatic hydroxyl groups is 1. The molecule has 1 aliphatic carbocycles. The molecule has 0 spiro atoms. The van der Waals surface area contributed by atoms with Crippen molar-refractivity contribution in [1.82, 2.24) is 5.32 Å². The van der Waals surface area contributed by atoms with Crippen LogP contribution in [0.1, 0.15) is 52.2 Å². The molecule has 19 heavy (non-hydrogen) atoms. The Balaban J connectivity index is 1.96. The summed E-state index contributed by atoms with van der Waals surface area (Å²) in [4.78, 5) is 0. The molecule has 0 heterocycles. The van der Waals surface area contributed by atoms with Gasteiger partial charge in [0.15, 0.2) is 0 Å². The Hall–Kier alpha value is -1.06. The third-order valence-electron chi connectivity index (χ3n) is 3.20. The molecular formula is C16H25NO2. The Morgan fingerprint density at radius 1 is 1.21 bits per heavy atom. The number of benzene rings is 1. The normalized spacial score (nSPS) is 19.0. The fourth-order valence-corrected chi connectivity index (χ4v) is 2.09. The van der Waals surface area contributed by atoms with E-state index in [1.165, 1.54) is 12.8 Å². The summed E-state index contributed by atoms with van der Waals surface area (Å²) < 4.78 is 5.77. The van der Waals surface area contributed by atoms with Gasteiger partial charge in [0.2, 0.25) is 0 Å². The Bertz CT molecular complexity index is 404. The van der Waals surface area contributed by atoms with Crippen molar-refractivity contribution in [2.45, 2.75) is 64.3 Å². The number of nitrogens with one attached hydrogen (secondary N) is 1. The van der Waals surface area contributed by atoms with Gasteiger partial charge in [-0.1, -0.05) is 12.1 Å². The molecule has 2 N–H and O–H groups in total. The fourth-order valence-electron chi connectivity index (χ4n) is 2.09. The minimum Gasteiger partial charge on any atom is -0.488 e. The Morgan fingerprint density at radius 3 is 2.26 bits per heavy atom. The van der Waals surface area contributed by atoms with Gasteiger partial charge in [0.1, 0.15) is 11.4 Å².